The van der Waals surface area contributed by atoms with Crippen LogP contribution < -0.4 is 5.32 Å². The molecule has 4 heteroatoms. The Bertz CT molecular complexity index is 241. The number of allylic oxidation sites excluding steroid dienone is 1. The van der Waals surface area contributed by atoms with Crippen molar-refractivity contribution < 1.29 is 4.79 Å². The Hall–Kier alpha value is 0.170. The van der Waals surface area contributed by atoms with E-state index in [2.05, 4.69) is 37.2 Å². The number of amides is 1. The van der Waals surface area contributed by atoms with Crippen LogP contribution in [0.25, 0.3) is 0 Å². The molecular weight excluding hydrogens is 310 g/mol. The van der Waals surface area contributed by atoms with E-state index >= 15 is 0 Å². The van der Waals surface area contributed by atoms with Gasteiger partial charge in [0.05, 0.1) is 3.39 Å². The third-order valence-corrected chi connectivity index (χ3v) is 3.38. The summed E-state index contributed by atoms with van der Waals surface area (Å²) in [6, 6.07) is 0. The smallest absolute Gasteiger partial charge is 0.221 e. The quantitative estimate of drug-likeness (QED) is 0.825. The third kappa shape index (κ3) is 3.73. The second-order valence-corrected chi connectivity index (χ2v) is 6.34. The van der Waals surface area contributed by atoms with E-state index in [1.54, 1.807) is 6.92 Å². The summed E-state index contributed by atoms with van der Waals surface area (Å²) in [5.74, 6) is 0.503. The number of carbonyl (C=O) groups excluding carboxylic acids is 1. The van der Waals surface area contributed by atoms with Crippen molar-refractivity contribution in [2.45, 2.75) is 39.0 Å². The molecule has 2 nitrogen and oxygen atoms in total. The monoisotopic (exact) mass is 323 g/mol. The number of hydrogen-bond acceptors (Lipinski definition) is 1. The highest BCUT2D eigenvalue weighted by molar-refractivity contribution is 9.28. The number of hydrogen-bond donors (Lipinski definition) is 1. The molecule has 1 aliphatic carbocycles. The first-order valence-electron chi connectivity index (χ1n) is 4.94. The molecule has 14 heavy (non-hydrogen) atoms. The summed E-state index contributed by atoms with van der Waals surface area (Å²) >= 11 is 6.77. The van der Waals surface area contributed by atoms with Gasteiger partial charge in [-0.25, -0.2) is 0 Å². The van der Waals surface area contributed by atoms with Gasteiger partial charge in [-0.15, -0.1) is 0 Å². The fourth-order valence-electron chi connectivity index (χ4n) is 1.88. The lowest BCUT2D eigenvalue weighted by Crippen LogP contribution is -2.26. The van der Waals surface area contributed by atoms with Gasteiger partial charge >= 0.3 is 0 Å². The molecule has 0 aromatic heterocycles. The summed E-state index contributed by atoms with van der Waals surface area (Å²) in [6.45, 7) is 1.55. The molecule has 0 radical (unpaired) electrons. The molecule has 1 aliphatic rings. The molecule has 1 N–H and O–H groups in total. The SMILES string of the molecule is CC(=O)NC(=C(Br)Br)C1CCCCC1. The van der Waals surface area contributed by atoms with Gasteiger partial charge in [-0.1, -0.05) is 19.3 Å². The van der Waals surface area contributed by atoms with Gasteiger partial charge in [0, 0.05) is 18.5 Å². The van der Waals surface area contributed by atoms with Crippen molar-refractivity contribution in [3.05, 3.63) is 9.09 Å². The summed E-state index contributed by atoms with van der Waals surface area (Å²) in [4.78, 5) is 11.0. The van der Waals surface area contributed by atoms with Crippen molar-refractivity contribution in [3.8, 4) is 0 Å². The lowest BCUT2D eigenvalue weighted by Gasteiger charge is -2.24. The maximum atomic E-state index is 11.0. The summed E-state index contributed by atoms with van der Waals surface area (Å²) in [5.41, 5.74) is 1.01. The van der Waals surface area contributed by atoms with Crippen LogP contribution in [0.5, 0.6) is 0 Å². The zero-order valence-corrected chi connectivity index (χ0v) is 11.4. The highest BCUT2D eigenvalue weighted by Gasteiger charge is 2.20. The van der Waals surface area contributed by atoms with E-state index in [-0.39, 0.29) is 5.91 Å². The lowest BCUT2D eigenvalue weighted by atomic mass is 9.87. The molecule has 0 saturated heterocycles. The molecule has 0 spiro atoms. The van der Waals surface area contributed by atoms with E-state index in [9.17, 15) is 4.79 Å². The van der Waals surface area contributed by atoms with E-state index in [1.165, 1.54) is 32.1 Å². The van der Waals surface area contributed by atoms with Crippen LogP contribution in [0.2, 0.25) is 0 Å². The average Bonchev–Trinajstić information content (AvgIpc) is 2.15. The standard InChI is InChI=1S/C10H15Br2NO/c1-7(14)13-9(10(11)12)8-5-3-2-4-6-8/h8H,2-6H2,1H3,(H,13,14). The minimum atomic E-state index is 0.00183. The first kappa shape index (κ1) is 12.2. The Morgan fingerprint density at radius 3 is 2.21 bits per heavy atom. The van der Waals surface area contributed by atoms with Gasteiger partial charge < -0.3 is 5.32 Å². The summed E-state index contributed by atoms with van der Waals surface area (Å²) in [6.07, 6.45) is 6.21. The number of halogens is 2. The van der Waals surface area contributed by atoms with Gasteiger partial charge in [0.2, 0.25) is 5.91 Å². The minimum Gasteiger partial charge on any atom is -0.328 e. The van der Waals surface area contributed by atoms with Crippen LogP contribution in [-0.4, -0.2) is 5.91 Å². The number of nitrogens with one attached hydrogen (secondary N) is 1. The van der Waals surface area contributed by atoms with E-state index in [1.807, 2.05) is 0 Å². The van der Waals surface area contributed by atoms with Crippen LogP contribution in [0.15, 0.2) is 9.09 Å². The van der Waals surface area contributed by atoms with Crippen molar-refractivity contribution in [3.63, 3.8) is 0 Å². The Balaban J connectivity index is 2.67. The lowest BCUT2D eigenvalue weighted by molar-refractivity contribution is -0.118. The van der Waals surface area contributed by atoms with Gasteiger partial charge in [-0.3, -0.25) is 4.79 Å². The van der Waals surface area contributed by atoms with Gasteiger partial charge in [-0.2, -0.15) is 0 Å². The molecule has 1 fully saturated rings. The highest BCUT2D eigenvalue weighted by Crippen LogP contribution is 2.33. The zero-order chi connectivity index (χ0) is 10.6. The molecule has 1 amide bonds. The Labute approximate surface area is 102 Å². The Morgan fingerprint density at radius 1 is 1.21 bits per heavy atom. The van der Waals surface area contributed by atoms with Crippen LogP contribution in [0.3, 0.4) is 0 Å². The van der Waals surface area contributed by atoms with Crippen LogP contribution in [-0.2, 0) is 4.79 Å². The van der Waals surface area contributed by atoms with E-state index in [0.717, 1.165) is 9.09 Å². The molecule has 1 saturated carbocycles. The molecule has 0 heterocycles. The summed E-state index contributed by atoms with van der Waals surface area (Å²) in [5, 5.41) is 2.90. The topological polar surface area (TPSA) is 29.1 Å². The van der Waals surface area contributed by atoms with Gasteiger partial charge in [0.25, 0.3) is 0 Å². The Morgan fingerprint density at radius 2 is 1.79 bits per heavy atom. The summed E-state index contributed by atoms with van der Waals surface area (Å²) in [7, 11) is 0. The van der Waals surface area contributed by atoms with Crippen molar-refractivity contribution in [2.75, 3.05) is 0 Å². The molecular formula is C10H15Br2NO. The summed E-state index contributed by atoms with van der Waals surface area (Å²) < 4.78 is 0.882. The van der Waals surface area contributed by atoms with Crippen molar-refractivity contribution >= 4 is 37.8 Å². The van der Waals surface area contributed by atoms with E-state index < -0.39 is 0 Å². The molecule has 1 rings (SSSR count). The normalized spacial score (nSPS) is 17.6. The zero-order valence-electron chi connectivity index (χ0n) is 8.28. The van der Waals surface area contributed by atoms with Crippen LogP contribution in [0.4, 0.5) is 0 Å². The predicted octanol–water partition coefficient (Wildman–Crippen LogP) is 3.66. The average molecular weight is 325 g/mol. The molecule has 0 aliphatic heterocycles. The van der Waals surface area contributed by atoms with Gasteiger partial charge in [-0.05, 0) is 44.7 Å². The van der Waals surface area contributed by atoms with Crippen molar-refractivity contribution in [2.24, 2.45) is 5.92 Å². The molecule has 0 atom stereocenters. The second kappa shape index (κ2) is 5.91. The minimum absolute atomic E-state index is 0.00183. The van der Waals surface area contributed by atoms with Crippen molar-refractivity contribution in [1.82, 2.24) is 5.32 Å². The first-order chi connectivity index (χ1) is 6.61. The molecule has 0 aromatic carbocycles. The molecule has 0 aromatic rings. The third-order valence-electron chi connectivity index (χ3n) is 2.53. The Kier molecular flexibility index (Phi) is 5.17. The fourth-order valence-corrected chi connectivity index (χ4v) is 2.73. The fraction of sp³-hybridized carbons (Fsp3) is 0.700. The number of carbonyl (C=O) groups is 1. The van der Waals surface area contributed by atoms with Crippen molar-refractivity contribution in [1.29, 1.82) is 0 Å². The van der Waals surface area contributed by atoms with Crippen LogP contribution >= 0.6 is 31.9 Å². The second-order valence-electron chi connectivity index (χ2n) is 3.69. The first-order valence-corrected chi connectivity index (χ1v) is 6.52. The predicted molar refractivity (Wildman–Crippen MR) is 65.3 cm³/mol. The van der Waals surface area contributed by atoms with Crippen LogP contribution in [0.1, 0.15) is 39.0 Å². The maximum Gasteiger partial charge on any atom is 0.221 e. The van der Waals surface area contributed by atoms with Gasteiger partial charge in [0.15, 0.2) is 0 Å². The molecule has 80 valence electrons. The largest absolute Gasteiger partial charge is 0.328 e. The van der Waals surface area contributed by atoms with E-state index in [4.69, 9.17) is 0 Å². The molecule has 0 bridgehead atoms. The number of rotatable bonds is 2. The van der Waals surface area contributed by atoms with E-state index in [0.29, 0.717) is 5.92 Å². The van der Waals surface area contributed by atoms with Crippen LogP contribution in [0, 0.1) is 5.92 Å². The highest BCUT2D eigenvalue weighted by atomic mass is 79.9. The maximum absolute atomic E-state index is 11.0. The molecule has 0 unspecified atom stereocenters. The van der Waals surface area contributed by atoms with Gasteiger partial charge in [0.1, 0.15) is 0 Å².